The number of thioether (sulfide) groups is 1. The molecular formula is C20H15F6NO5S. The molecule has 0 bridgehead atoms. The van der Waals surface area contributed by atoms with Crippen LogP contribution in [-0.2, 0) is 26.7 Å². The van der Waals surface area contributed by atoms with E-state index in [0.29, 0.717) is 41.7 Å². The van der Waals surface area contributed by atoms with Gasteiger partial charge in [-0.05, 0) is 36.4 Å². The fourth-order valence-electron chi connectivity index (χ4n) is 2.67. The maximum atomic E-state index is 12.9. The Morgan fingerprint density at radius 2 is 1.52 bits per heavy atom. The average Bonchev–Trinajstić information content (AvgIpc) is 2.74. The minimum absolute atomic E-state index is 0.0647. The molecule has 0 saturated carbocycles. The van der Waals surface area contributed by atoms with Crippen molar-refractivity contribution in [3.05, 3.63) is 47.5 Å². The molecule has 1 amide bonds. The quantitative estimate of drug-likeness (QED) is 0.354. The van der Waals surface area contributed by atoms with Gasteiger partial charge in [-0.2, -0.15) is 26.3 Å². The fraction of sp³-hybridized carbons (Fsp3) is 0.300. The van der Waals surface area contributed by atoms with E-state index in [4.69, 9.17) is 14.2 Å². The first kappa shape index (κ1) is 24.6. The molecule has 0 unspecified atom stereocenters. The molecule has 1 aliphatic heterocycles. The van der Waals surface area contributed by atoms with E-state index in [1.807, 2.05) is 5.32 Å². The van der Waals surface area contributed by atoms with Crippen molar-refractivity contribution in [3.63, 3.8) is 0 Å². The number of carbonyl (C=O) groups excluding carboxylic acids is 2. The Balaban J connectivity index is 1.54. The molecular weight excluding hydrogens is 480 g/mol. The number of alkyl halides is 6. The number of anilines is 1. The van der Waals surface area contributed by atoms with Crippen LogP contribution in [0.1, 0.15) is 11.1 Å². The topological polar surface area (TPSA) is 73.9 Å². The molecule has 0 atom stereocenters. The lowest BCUT2D eigenvalue weighted by Gasteiger charge is -2.18. The largest absolute Gasteiger partial charge is 0.486 e. The van der Waals surface area contributed by atoms with Crippen molar-refractivity contribution >= 4 is 29.3 Å². The number of rotatable bonds is 6. The average molecular weight is 495 g/mol. The predicted octanol–water partition coefficient (Wildman–Crippen LogP) is 4.77. The van der Waals surface area contributed by atoms with Gasteiger partial charge in [0.15, 0.2) is 18.1 Å². The molecule has 2 aromatic carbocycles. The van der Waals surface area contributed by atoms with Gasteiger partial charge in [0.05, 0.1) is 16.9 Å². The van der Waals surface area contributed by atoms with Gasteiger partial charge in [-0.3, -0.25) is 9.59 Å². The summed E-state index contributed by atoms with van der Waals surface area (Å²) in [6.45, 7) is -0.0847. The fourth-order valence-corrected chi connectivity index (χ4v) is 3.39. The second-order valence-electron chi connectivity index (χ2n) is 6.60. The van der Waals surface area contributed by atoms with E-state index in [0.717, 1.165) is 11.8 Å². The third-order valence-corrected chi connectivity index (χ3v) is 5.07. The third-order valence-electron chi connectivity index (χ3n) is 4.11. The molecule has 0 aliphatic carbocycles. The van der Waals surface area contributed by atoms with Crippen LogP contribution < -0.4 is 14.8 Å². The molecule has 0 saturated heterocycles. The molecule has 178 valence electrons. The molecule has 0 fully saturated rings. The molecule has 0 spiro atoms. The molecule has 0 radical (unpaired) electrons. The molecule has 3 rings (SSSR count). The van der Waals surface area contributed by atoms with Gasteiger partial charge in [0.25, 0.3) is 5.91 Å². The highest BCUT2D eigenvalue weighted by molar-refractivity contribution is 8.00. The first-order chi connectivity index (χ1) is 15.4. The summed E-state index contributed by atoms with van der Waals surface area (Å²) < 4.78 is 92.8. The number of hydrogen-bond donors (Lipinski definition) is 1. The highest BCUT2D eigenvalue weighted by atomic mass is 32.2. The van der Waals surface area contributed by atoms with E-state index in [2.05, 4.69) is 0 Å². The highest BCUT2D eigenvalue weighted by Crippen LogP contribution is 2.37. The second kappa shape index (κ2) is 9.81. The number of hydrogen-bond acceptors (Lipinski definition) is 6. The summed E-state index contributed by atoms with van der Waals surface area (Å²) in [6.07, 6.45) is -10.1. The van der Waals surface area contributed by atoms with Gasteiger partial charge in [0.1, 0.15) is 13.2 Å². The first-order valence-corrected chi connectivity index (χ1v) is 10.2. The molecule has 6 nitrogen and oxygen atoms in total. The summed E-state index contributed by atoms with van der Waals surface area (Å²) in [6, 6.07) is 5.65. The van der Waals surface area contributed by atoms with Gasteiger partial charge in [-0.15, -0.1) is 11.8 Å². The number of ether oxygens (including phenoxy) is 3. The van der Waals surface area contributed by atoms with Gasteiger partial charge >= 0.3 is 18.3 Å². The Morgan fingerprint density at radius 1 is 0.909 bits per heavy atom. The highest BCUT2D eigenvalue weighted by Gasteiger charge is 2.37. The van der Waals surface area contributed by atoms with Crippen LogP contribution in [0.15, 0.2) is 41.3 Å². The van der Waals surface area contributed by atoms with Crippen molar-refractivity contribution in [2.45, 2.75) is 17.2 Å². The summed E-state index contributed by atoms with van der Waals surface area (Å²) in [5.41, 5.74) is -3.90. The Bertz CT molecular complexity index is 1010. The second-order valence-corrected chi connectivity index (χ2v) is 7.65. The van der Waals surface area contributed by atoms with Crippen molar-refractivity contribution in [1.29, 1.82) is 0 Å². The molecule has 13 heteroatoms. The van der Waals surface area contributed by atoms with Crippen LogP contribution in [0.3, 0.4) is 0 Å². The smallest absolute Gasteiger partial charge is 0.416 e. The molecule has 33 heavy (non-hydrogen) atoms. The maximum Gasteiger partial charge on any atom is 0.416 e. The van der Waals surface area contributed by atoms with E-state index in [1.54, 1.807) is 18.2 Å². The van der Waals surface area contributed by atoms with Gasteiger partial charge in [-0.25, -0.2) is 0 Å². The number of benzene rings is 2. The van der Waals surface area contributed by atoms with Crippen LogP contribution in [0.5, 0.6) is 11.5 Å². The van der Waals surface area contributed by atoms with Gasteiger partial charge in [-0.1, -0.05) is 0 Å². The minimum Gasteiger partial charge on any atom is -0.486 e. The number of fused-ring (bicyclic) bond motifs is 1. The summed E-state index contributed by atoms with van der Waals surface area (Å²) in [5.74, 6) is -1.04. The lowest BCUT2D eigenvalue weighted by Crippen LogP contribution is -2.22. The van der Waals surface area contributed by atoms with Crippen LogP contribution in [0.4, 0.5) is 32.0 Å². The lowest BCUT2D eigenvalue weighted by molar-refractivity contribution is -0.144. The van der Waals surface area contributed by atoms with E-state index in [-0.39, 0.29) is 11.8 Å². The van der Waals surface area contributed by atoms with Crippen molar-refractivity contribution in [2.75, 3.05) is 30.9 Å². The van der Waals surface area contributed by atoms with Crippen LogP contribution >= 0.6 is 11.8 Å². The Labute approximate surface area is 187 Å². The van der Waals surface area contributed by atoms with Crippen molar-refractivity contribution in [1.82, 2.24) is 0 Å². The monoisotopic (exact) mass is 495 g/mol. The molecule has 2 aromatic rings. The minimum atomic E-state index is -5.06. The van der Waals surface area contributed by atoms with Crippen LogP contribution in [0, 0.1) is 0 Å². The zero-order valence-electron chi connectivity index (χ0n) is 16.5. The van der Waals surface area contributed by atoms with Crippen molar-refractivity contribution < 1.29 is 50.1 Å². The maximum absolute atomic E-state index is 12.9. The Kier molecular flexibility index (Phi) is 7.30. The predicted molar refractivity (Wildman–Crippen MR) is 104 cm³/mol. The summed E-state index contributed by atoms with van der Waals surface area (Å²) in [5, 5.41) is 1.88. The molecule has 1 N–H and O–H groups in total. The molecule has 1 aliphatic rings. The molecule has 1 heterocycles. The number of amides is 1. The van der Waals surface area contributed by atoms with E-state index in [9.17, 15) is 35.9 Å². The van der Waals surface area contributed by atoms with Crippen molar-refractivity contribution in [3.8, 4) is 11.5 Å². The number of halogens is 6. The van der Waals surface area contributed by atoms with E-state index < -0.39 is 47.7 Å². The Hall–Kier alpha value is -3.09. The standard InChI is InChI=1S/C20H15F6NO5S/c21-19(22,23)11-5-12(20(24,25)26)7-13(6-11)27-17(28)9-32-18(29)10-33-14-1-2-15-16(8-14)31-4-3-30-15/h1-2,5-8H,3-4,9-10H2,(H,27,28). The number of esters is 1. The molecule has 0 aromatic heterocycles. The Morgan fingerprint density at radius 3 is 2.12 bits per heavy atom. The van der Waals surface area contributed by atoms with Gasteiger partial charge < -0.3 is 19.5 Å². The van der Waals surface area contributed by atoms with Crippen LogP contribution in [0.2, 0.25) is 0 Å². The summed E-state index contributed by atoms with van der Waals surface area (Å²) in [7, 11) is 0. The van der Waals surface area contributed by atoms with E-state index in [1.165, 1.54) is 0 Å². The van der Waals surface area contributed by atoms with Crippen LogP contribution in [0.25, 0.3) is 0 Å². The van der Waals surface area contributed by atoms with Crippen molar-refractivity contribution in [2.24, 2.45) is 0 Å². The van der Waals surface area contributed by atoms with Gasteiger partial charge in [0.2, 0.25) is 0 Å². The number of nitrogens with one attached hydrogen (secondary N) is 1. The lowest BCUT2D eigenvalue weighted by atomic mass is 10.1. The summed E-state index contributed by atoms with van der Waals surface area (Å²) >= 11 is 1.07. The zero-order valence-corrected chi connectivity index (χ0v) is 17.3. The normalized spacial score (nSPS) is 13.4. The number of carbonyl (C=O) groups is 2. The third kappa shape index (κ3) is 6.94. The van der Waals surface area contributed by atoms with Gasteiger partial charge in [0, 0.05) is 10.6 Å². The summed E-state index contributed by atoms with van der Waals surface area (Å²) in [4.78, 5) is 24.4. The van der Waals surface area contributed by atoms with E-state index >= 15 is 0 Å². The van der Waals surface area contributed by atoms with Crippen LogP contribution in [-0.4, -0.2) is 37.4 Å². The zero-order chi connectivity index (χ0) is 24.2. The SMILES string of the molecule is O=C(COC(=O)CSc1ccc2c(c1)OCCO2)Nc1cc(C(F)(F)F)cc(C(F)(F)F)c1. The first-order valence-electron chi connectivity index (χ1n) is 9.19.